The largest absolute Gasteiger partial charge is 0.361 e. The molecule has 0 unspecified atom stereocenters. The average Bonchev–Trinajstić information content (AvgIpc) is 3.18. The number of aryl methyl sites for hydroxylation is 2. The third kappa shape index (κ3) is 2.58. The molecule has 0 bridgehead atoms. The number of aromatic nitrogens is 4. The topological polar surface area (TPSA) is 99.6 Å². The van der Waals surface area contributed by atoms with Gasteiger partial charge in [-0.3, -0.25) is 9.89 Å². The van der Waals surface area contributed by atoms with Crippen molar-refractivity contribution in [2.24, 2.45) is 0 Å². The molecule has 21 heavy (non-hydrogen) atoms. The van der Waals surface area contributed by atoms with Crippen molar-refractivity contribution in [2.75, 3.05) is 0 Å². The van der Waals surface area contributed by atoms with Gasteiger partial charge < -0.3 is 14.8 Å². The molecule has 0 aliphatic heterocycles. The standard InChI is InChI=1S/C14H15N5O2/c1-8-10(9(2)21-19-8)7-16-14(20)13-6-12(17-18-13)11-4-3-5-15-11/h3-6,15H,7H2,1-2H3,(H,16,20)(H,17,18). The lowest BCUT2D eigenvalue weighted by atomic mass is 10.2. The first kappa shape index (κ1) is 13.2. The molecule has 0 aliphatic carbocycles. The van der Waals surface area contributed by atoms with Crippen LogP contribution in [0, 0.1) is 13.8 Å². The molecule has 108 valence electrons. The second-order valence-corrected chi connectivity index (χ2v) is 4.74. The van der Waals surface area contributed by atoms with E-state index in [-0.39, 0.29) is 5.91 Å². The Morgan fingerprint density at radius 1 is 1.43 bits per heavy atom. The lowest BCUT2D eigenvalue weighted by Crippen LogP contribution is -2.23. The van der Waals surface area contributed by atoms with Crippen LogP contribution >= 0.6 is 0 Å². The maximum Gasteiger partial charge on any atom is 0.269 e. The number of amides is 1. The van der Waals surface area contributed by atoms with Crippen LogP contribution in [-0.4, -0.2) is 26.2 Å². The van der Waals surface area contributed by atoms with E-state index >= 15 is 0 Å². The molecule has 0 aromatic carbocycles. The zero-order chi connectivity index (χ0) is 14.8. The first-order valence-electron chi connectivity index (χ1n) is 6.54. The minimum atomic E-state index is -0.222. The molecule has 0 saturated heterocycles. The Bertz CT molecular complexity index is 735. The fourth-order valence-electron chi connectivity index (χ4n) is 2.08. The number of rotatable bonds is 4. The fourth-order valence-corrected chi connectivity index (χ4v) is 2.08. The summed E-state index contributed by atoms with van der Waals surface area (Å²) in [6, 6.07) is 5.47. The van der Waals surface area contributed by atoms with Crippen LogP contribution in [0.3, 0.4) is 0 Å². The van der Waals surface area contributed by atoms with E-state index in [1.165, 1.54) is 0 Å². The number of hydrogen-bond donors (Lipinski definition) is 3. The van der Waals surface area contributed by atoms with Gasteiger partial charge in [0.25, 0.3) is 5.91 Å². The van der Waals surface area contributed by atoms with Crippen molar-refractivity contribution in [2.45, 2.75) is 20.4 Å². The molecule has 3 aromatic rings. The Hall–Kier alpha value is -2.83. The van der Waals surface area contributed by atoms with Gasteiger partial charge >= 0.3 is 0 Å². The Labute approximate surface area is 120 Å². The molecule has 0 atom stereocenters. The molecule has 7 heteroatoms. The molecule has 0 radical (unpaired) electrons. The van der Waals surface area contributed by atoms with Crippen LogP contribution in [0.2, 0.25) is 0 Å². The minimum Gasteiger partial charge on any atom is -0.361 e. The van der Waals surface area contributed by atoms with Crippen molar-refractivity contribution in [1.29, 1.82) is 0 Å². The summed E-state index contributed by atoms with van der Waals surface area (Å²) in [5.41, 5.74) is 3.64. The maximum absolute atomic E-state index is 12.1. The smallest absolute Gasteiger partial charge is 0.269 e. The summed E-state index contributed by atoms with van der Waals surface area (Å²) in [4.78, 5) is 15.1. The average molecular weight is 285 g/mol. The molecule has 0 aliphatic rings. The first-order chi connectivity index (χ1) is 10.1. The highest BCUT2D eigenvalue weighted by Gasteiger charge is 2.14. The zero-order valence-corrected chi connectivity index (χ0v) is 11.7. The second-order valence-electron chi connectivity index (χ2n) is 4.74. The van der Waals surface area contributed by atoms with Crippen LogP contribution in [0.1, 0.15) is 27.5 Å². The highest BCUT2D eigenvalue weighted by Crippen LogP contribution is 2.15. The van der Waals surface area contributed by atoms with Gasteiger partial charge in [0.05, 0.1) is 11.4 Å². The normalized spacial score (nSPS) is 10.8. The summed E-state index contributed by atoms with van der Waals surface area (Å²) < 4.78 is 5.06. The van der Waals surface area contributed by atoms with Crippen molar-refractivity contribution in [3.8, 4) is 11.4 Å². The molecule has 0 fully saturated rings. The van der Waals surface area contributed by atoms with Gasteiger partial charge in [-0.05, 0) is 32.0 Å². The van der Waals surface area contributed by atoms with E-state index in [4.69, 9.17) is 4.52 Å². The van der Waals surface area contributed by atoms with Crippen LogP contribution in [0.15, 0.2) is 28.9 Å². The predicted octanol–water partition coefficient (Wildman–Crippen LogP) is 1.94. The van der Waals surface area contributed by atoms with Crippen LogP contribution in [0.4, 0.5) is 0 Å². The van der Waals surface area contributed by atoms with Crippen LogP contribution in [0.5, 0.6) is 0 Å². The van der Waals surface area contributed by atoms with E-state index in [2.05, 4.69) is 25.7 Å². The maximum atomic E-state index is 12.1. The zero-order valence-electron chi connectivity index (χ0n) is 11.7. The van der Waals surface area contributed by atoms with Gasteiger partial charge in [0.1, 0.15) is 17.1 Å². The van der Waals surface area contributed by atoms with Crippen molar-refractivity contribution in [1.82, 2.24) is 25.7 Å². The van der Waals surface area contributed by atoms with Crippen molar-refractivity contribution in [3.05, 3.63) is 47.1 Å². The second kappa shape index (κ2) is 5.28. The summed E-state index contributed by atoms with van der Waals surface area (Å²) in [5, 5.41) is 13.5. The van der Waals surface area contributed by atoms with E-state index in [0.717, 1.165) is 17.0 Å². The van der Waals surface area contributed by atoms with E-state index in [1.54, 1.807) is 12.3 Å². The molecule has 1 amide bonds. The first-order valence-corrected chi connectivity index (χ1v) is 6.54. The lowest BCUT2D eigenvalue weighted by Gasteiger charge is -2.02. The van der Waals surface area contributed by atoms with E-state index in [1.807, 2.05) is 26.0 Å². The predicted molar refractivity (Wildman–Crippen MR) is 75.5 cm³/mol. The van der Waals surface area contributed by atoms with Gasteiger partial charge in [-0.1, -0.05) is 5.16 Å². The molecule has 0 saturated carbocycles. The van der Waals surface area contributed by atoms with Crippen LogP contribution < -0.4 is 5.32 Å². The van der Waals surface area contributed by atoms with Crippen molar-refractivity contribution < 1.29 is 9.32 Å². The number of H-pyrrole nitrogens is 2. The summed E-state index contributed by atoms with van der Waals surface area (Å²) >= 11 is 0. The molecule has 3 N–H and O–H groups in total. The number of nitrogens with zero attached hydrogens (tertiary/aromatic N) is 2. The summed E-state index contributed by atoms with van der Waals surface area (Å²) in [5.74, 6) is 0.491. The van der Waals surface area contributed by atoms with Gasteiger partial charge in [0.15, 0.2) is 0 Å². The monoisotopic (exact) mass is 285 g/mol. The molecule has 0 spiro atoms. The number of nitrogens with one attached hydrogen (secondary N) is 3. The van der Waals surface area contributed by atoms with E-state index < -0.39 is 0 Å². The molecular formula is C14H15N5O2. The van der Waals surface area contributed by atoms with Gasteiger partial charge in [-0.15, -0.1) is 0 Å². The summed E-state index contributed by atoms with van der Waals surface area (Å²) in [6.07, 6.45) is 1.81. The van der Waals surface area contributed by atoms with Gasteiger partial charge in [-0.2, -0.15) is 5.10 Å². The highest BCUT2D eigenvalue weighted by molar-refractivity contribution is 5.93. The van der Waals surface area contributed by atoms with E-state index in [0.29, 0.717) is 23.7 Å². The summed E-state index contributed by atoms with van der Waals surface area (Å²) in [7, 11) is 0. The Morgan fingerprint density at radius 3 is 2.95 bits per heavy atom. The van der Waals surface area contributed by atoms with Crippen LogP contribution in [0.25, 0.3) is 11.4 Å². The Morgan fingerprint density at radius 2 is 2.29 bits per heavy atom. The van der Waals surface area contributed by atoms with Crippen LogP contribution in [-0.2, 0) is 6.54 Å². The van der Waals surface area contributed by atoms with E-state index in [9.17, 15) is 4.79 Å². The van der Waals surface area contributed by atoms with Gasteiger partial charge in [0.2, 0.25) is 0 Å². The third-order valence-electron chi connectivity index (χ3n) is 3.30. The third-order valence-corrected chi connectivity index (χ3v) is 3.30. The Kier molecular flexibility index (Phi) is 3.31. The minimum absolute atomic E-state index is 0.222. The highest BCUT2D eigenvalue weighted by atomic mass is 16.5. The summed E-state index contributed by atoms with van der Waals surface area (Å²) in [6.45, 7) is 4.04. The van der Waals surface area contributed by atoms with Gasteiger partial charge in [0, 0.05) is 18.3 Å². The Balaban J connectivity index is 1.69. The SMILES string of the molecule is Cc1noc(C)c1CNC(=O)c1cc(-c2ccc[nH]2)n[nH]1. The quantitative estimate of drug-likeness (QED) is 0.682. The number of carbonyl (C=O) groups excluding carboxylic acids is 1. The van der Waals surface area contributed by atoms with Gasteiger partial charge in [-0.25, -0.2) is 0 Å². The molecule has 3 rings (SSSR count). The lowest BCUT2D eigenvalue weighted by molar-refractivity contribution is 0.0946. The fraction of sp³-hybridized carbons (Fsp3) is 0.214. The number of hydrogen-bond acceptors (Lipinski definition) is 4. The number of aromatic amines is 2. The van der Waals surface area contributed by atoms with Crippen molar-refractivity contribution >= 4 is 5.91 Å². The molecule has 7 nitrogen and oxygen atoms in total. The number of carbonyl (C=O) groups is 1. The molecule has 3 aromatic heterocycles. The molecule has 3 heterocycles. The molecular weight excluding hydrogens is 270 g/mol. The van der Waals surface area contributed by atoms with Crippen molar-refractivity contribution in [3.63, 3.8) is 0 Å².